The summed E-state index contributed by atoms with van der Waals surface area (Å²) >= 11 is 13.1. The van der Waals surface area contributed by atoms with Crippen LogP contribution in [0.1, 0.15) is 39.7 Å². The highest BCUT2D eigenvalue weighted by atomic mass is 35.5. The highest BCUT2D eigenvalue weighted by molar-refractivity contribution is 7.90. The van der Waals surface area contributed by atoms with Crippen molar-refractivity contribution in [2.24, 2.45) is 0 Å². The molecular formula is C35H30Cl2N2O5S. The molecule has 0 unspecified atom stereocenters. The molecule has 0 aliphatic rings. The van der Waals surface area contributed by atoms with Crippen LogP contribution in [0.2, 0.25) is 10.0 Å². The number of esters is 1. The van der Waals surface area contributed by atoms with E-state index in [0.29, 0.717) is 18.5 Å². The quantitative estimate of drug-likeness (QED) is 0.123. The van der Waals surface area contributed by atoms with Crippen molar-refractivity contribution in [3.05, 3.63) is 135 Å². The van der Waals surface area contributed by atoms with E-state index in [-0.39, 0.29) is 49.3 Å². The van der Waals surface area contributed by atoms with Crippen molar-refractivity contribution >= 4 is 67.7 Å². The summed E-state index contributed by atoms with van der Waals surface area (Å²) in [5, 5.41) is 3.45. The lowest BCUT2D eigenvalue weighted by atomic mass is 10.00. The lowest BCUT2D eigenvalue weighted by Crippen LogP contribution is -2.26. The van der Waals surface area contributed by atoms with E-state index < -0.39 is 21.9 Å². The number of ether oxygens (including phenoxy) is 1. The molecule has 0 spiro atoms. The molecule has 1 aromatic heterocycles. The van der Waals surface area contributed by atoms with E-state index in [1.807, 2.05) is 43.3 Å². The van der Waals surface area contributed by atoms with Gasteiger partial charge in [0.05, 0.1) is 22.0 Å². The van der Waals surface area contributed by atoms with Crippen LogP contribution in [0.25, 0.3) is 22.6 Å². The second-order valence-electron chi connectivity index (χ2n) is 10.3. The van der Waals surface area contributed by atoms with Gasteiger partial charge >= 0.3 is 5.97 Å². The van der Waals surface area contributed by atoms with E-state index in [1.165, 1.54) is 30.3 Å². The first-order valence-electron chi connectivity index (χ1n) is 14.2. The minimum absolute atomic E-state index is 0.0197. The van der Waals surface area contributed by atoms with Crippen molar-refractivity contribution in [3.8, 4) is 0 Å². The number of aryl methyl sites for hydroxylation is 1. The number of hydrogen-bond donors (Lipinski definition) is 1. The van der Waals surface area contributed by atoms with Crippen LogP contribution in [-0.2, 0) is 26.0 Å². The number of halogens is 2. The molecule has 45 heavy (non-hydrogen) atoms. The van der Waals surface area contributed by atoms with Crippen molar-refractivity contribution in [1.29, 1.82) is 0 Å². The van der Waals surface area contributed by atoms with Gasteiger partial charge in [0.15, 0.2) is 5.69 Å². The number of carbonyl (C=O) groups is 2. The molecule has 0 fully saturated rings. The number of fused-ring (bicyclic) bond motifs is 1. The largest absolute Gasteiger partial charge is 0.461 e. The molecule has 1 amide bonds. The van der Waals surface area contributed by atoms with Crippen LogP contribution in [0.15, 0.2) is 102 Å². The van der Waals surface area contributed by atoms with Gasteiger partial charge in [-0.05, 0) is 61.7 Å². The fourth-order valence-corrected chi connectivity index (χ4v) is 7.13. The van der Waals surface area contributed by atoms with Gasteiger partial charge in [0.25, 0.3) is 15.9 Å². The lowest BCUT2D eigenvalue weighted by Gasteiger charge is -2.13. The number of carbonyl (C=O) groups excluding carboxylic acids is 2. The predicted octanol–water partition coefficient (Wildman–Crippen LogP) is 7.57. The number of rotatable bonds is 10. The SMILES string of the molecule is CCOC(=O)c1c(/C=C(\C(=O)NCCc2ccccc2)c2ccccc2)c2c(Cl)cc(Cl)cc2n1S(=O)(=O)c1ccc(C)cc1. The van der Waals surface area contributed by atoms with Crippen LogP contribution in [0.4, 0.5) is 0 Å². The third-order valence-electron chi connectivity index (χ3n) is 7.17. The number of hydrogen-bond acceptors (Lipinski definition) is 5. The zero-order valence-electron chi connectivity index (χ0n) is 24.6. The summed E-state index contributed by atoms with van der Waals surface area (Å²) in [6.45, 7) is 3.78. The van der Waals surface area contributed by atoms with Crippen molar-refractivity contribution < 1.29 is 22.7 Å². The molecule has 10 heteroatoms. The summed E-state index contributed by atoms with van der Waals surface area (Å²) in [5.41, 5.74) is 2.54. The normalized spacial score (nSPS) is 11.9. The fourth-order valence-electron chi connectivity index (χ4n) is 5.04. The molecule has 230 valence electrons. The highest BCUT2D eigenvalue weighted by Gasteiger charge is 2.33. The van der Waals surface area contributed by atoms with E-state index in [0.717, 1.165) is 15.1 Å². The molecule has 0 aliphatic carbocycles. The summed E-state index contributed by atoms with van der Waals surface area (Å²) in [5.74, 6) is -1.32. The average molecular weight is 662 g/mol. The Labute approximate surface area is 272 Å². The summed E-state index contributed by atoms with van der Waals surface area (Å²) in [6.07, 6.45) is 2.09. The predicted molar refractivity (Wildman–Crippen MR) is 179 cm³/mol. The molecule has 0 saturated heterocycles. The molecule has 0 bridgehead atoms. The molecule has 5 aromatic rings. The number of benzene rings is 4. The Kier molecular flexibility index (Phi) is 9.77. The van der Waals surface area contributed by atoms with Gasteiger partial charge in [-0.3, -0.25) is 4.79 Å². The van der Waals surface area contributed by atoms with E-state index in [4.69, 9.17) is 27.9 Å². The Morgan fingerprint density at radius 3 is 2.20 bits per heavy atom. The minimum Gasteiger partial charge on any atom is -0.461 e. The van der Waals surface area contributed by atoms with E-state index in [2.05, 4.69) is 5.32 Å². The second-order valence-corrected chi connectivity index (χ2v) is 12.9. The molecule has 0 radical (unpaired) electrons. The van der Waals surface area contributed by atoms with Crippen LogP contribution in [0, 0.1) is 6.92 Å². The molecule has 0 aliphatic heterocycles. The van der Waals surface area contributed by atoms with Gasteiger partial charge in [-0.25, -0.2) is 17.2 Å². The van der Waals surface area contributed by atoms with Crippen LogP contribution < -0.4 is 5.32 Å². The van der Waals surface area contributed by atoms with Crippen LogP contribution >= 0.6 is 23.2 Å². The summed E-state index contributed by atoms with van der Waals surface area (Å²) in [7, 11) is -4.39. The molecule has 4 aromatic carbocycles. The van der Waals surface area contributed by atoms with E-state index >= 15 is 0 Å². The highest BCUT2D eigenvalue weighted by Crippen LogP contribution is 2.39. The molecule has 0 saturated carbocycles. The Morgan fingerprint density at radius 2 is 1.56 bits per heavy atom. The topological polar surface area (TPSA) is 94.5 Å². The van der Waals surface area contributed by atoms with Crippen LogP contribution in [0.3, 0.4) is 0 Å². The van der Waals surface area contributed by atoms with Crippen molar-refractivity contribution in [2.75, 3.05) is 13.2 Å². The van der Waals surface area contributed by atoms with E-state index in [1.54, 1.807) is 43.3 Å². The Hall–Kier alpha value is -4.37. The van der Waals surface area contributed by atoms with Gasteiger partial charge in [-0.2, -0.15) is 0 Å². The third kappa shape index (κ3) is 6.83. The number of aromatic nitrogens is 1. The maximum Gasteiger partial charge on any atom is 0.356 e. The molecule has 1 heterocycles. The molecule has 5 rings (SSSR count). The van der Waals surface area contributed by atoms with Gasteiger partial charge in [0, 0.05) is 28.1 Å². The van der Waals surface area contributed by atoms with Crippen molar-refractivity contribution in [3.63, 3.8) is 0 Å². The first-order chi connectivity index (χ1) is 21.6. The average Bonchev–Trinajstić information content (AvgIpc) is 3.36. The van der Waals surface area contributed by atoms with E-state index in [9.17, 15) is 18.0 Å². The van der Waals surface area contributed by atoms with Crippen molar-refractivity contribution in [2.45, 2.75) is 25.2 Å². The smallest absolute Gasteiger partial charge is 0.356 e. The molecule has 7 nitrogen and oxygen atoms in total. The summed E-state index contributed by atoms with van der Waals surface area (Å²) in [4.78, 5) is 27.4. The summed E-state index contributed by atoms with van der Waals surface area (Å²) in [6, 6.07) is 27.8. The standard InChI is InChI=1S/C35H30Cl2N2O5S/c1-3-44-35(41)33-29(22-28(25-12-8-5-9-13-25)34(40)38-19-18-24-10-6-4-7-11-24)32-30(37)20-26(36)21-31(32)39(33)45(42,43)27-16-14-23(2)15-17-27/h4-17,20-22H,3,18-19H2,1-2H3,(H,38,40)/b28-22-. The Morgan fingerprint density at radius 1 is 0.911 bits per heavy atom. The molecular weight excluding hydrogens is 631 g/mol. The monoisotopic (exact) mass is 660 g/mol. The van der Waals surface area contributed by atoms with Crippen LogP contribution in [-0.4, -0.2) is 37.4 Å². The molecule has 1 N–H and O–H groups in total. The van der Waals surface area contributed by atoms with Gasteiger partial charge < -0.3 is 10.1 Å². The zero-order chi connectivity index (χ0) is 32.1. The van der Waals surface area contributed by atoms with Crippen LogP contribution in [0.5, 0.6) is 0 Å². The van der Waals surface area contributed by atoms with Gasteiger partial charge in [-0.1, -0.05) is 102 Å². The number of nitrogens with one attached hydrogen (secondary N) is 1. The fraction of sp³-hybridized carbons (Fsp3) is 0.143. The Balaban J connectivity index is 1.76. The minimum atomic E-state index is -4.39. The lowest BCUT2D eigenvalue weighted by molar-refractivity contribution is -0.115. The third-order valence-corrected chi connectivity index (χ3v) is 9.41. The number of nitrogens with zero attached hydrogens (tertiary/aromatic N) is 1. The van der Waals surface area contributed by atoms with Gasteiger partial charge in [0.1, 0.15) is 0 Å². The van der Waals surface area contributed by atoms with Crippen molar-refractivity contribution in [1.82, 2.24) is 9.29 Å². The maximum atomic E-state index is 14.3. The second kappa shape index (κ2) is 13.7. The Bertz CT molecular complexity index is 2000. The number of amides is 1. The summed E-state index contributed by atoms with van der Waals surface area (Å²) < 4.78 is 34.8. The first kappa shape index (κ1) is 32.0. The van der Waals surface area contributed by atoms with Gasteiger partial charge in [0.2, 0.25) is 0 Å². The van der Waals surface area contributed by atoms with Gasteiger partial charge in [-0.15, -0.1) is 0 Å². The maximum absolute atomic E-state index is 14.3. The first-order valence-corrected chi connectivity index (χ1v) is 16.4. The zero-order valence-corrected chi connectivity index (χ0v) is 26.9. The molecule has 0 atom stereocenters.